The molecule has 2 bridgehead atoms. The molecule has 0 spiro atoms. The Kier molecular flexibility index (Phi) is 3.68. The molecule has 3 aliphatic heterocycles. The normalized spacial score (nSPS) is 29.5. The SMILES string of the molecule is CS(=O)(=O)N1C[C@@H]2CC[C@H](C1)N(Cc1ccsc1)C2. The van der Waals surface area contributed by atoms with Crippen molar-refractivity contribution in [3.05, 3.63) is 22.4 Å². The highest BCUT2D eigenvalue weighted by atomic mass is 32.2. The molecule has 4 heterocycles. The highest BCUT2D eigenvalue weighted by molar-refractivity contribution is 7.88. The molecule has 3 aliphatic rings. The Morgan fingerprint density at radius 3 is 2.84 bits per heavy atom. The van der Waals surface area contributed by atoms with Crippen LogP contribution in [0.2, 0.25) is 0 Å². The Bertz CT molecular complexity index is 527. The number of piperidine rings is 1. The Morgan fingerprint density at radius 1 is 1.32 bits per heavy atom. The van der Waals surface area contributed by atoms with Crippen molar-refractivity contribution in [1.82, 2.24) is 9.21 Å². The van der Waals surface area contributed by atoms with Crippen LogP contribution in [0.3, 0.4) is 0 Å². The summed E-state index contributed by atoms with van der Waals surface area (Å²) in [5.41, 5.74) is 1.35. The lowest BCUT2D eigenvalue weighted by atomic mass is 9.95. The van der Waals surface area contributed by atoms with E-state index in [0.29, 0.717) is 25.0 Å². The lowest BCUT2D eigenvalue weighted by Crippen LogP contribution is -2.43. The van der Waals surface area contributed by atoms with Gasteiger partial charge in [0.15, 0.2) is 0 Å². The highest BCUT2D eigenvalue weighted by Crippen LogP contribution is 2.30. The maximum atomic E-state index is 11.8. The van der Waals surface area contributed by atoms with E-state index in [2.05, 4.69) is 21.7 Å². The standard InChI is InChI=1S/C13H20N2O2S2/c1-19(16,17)15-8-11-2-3-13(9-15)14(6-11)7-12-4-5-18-10-12/h4-5,10-11,13H,2-3,6-9H2,1H3/t11-,13-/m1/s1. The quantitative estimate of drug-likeness (QED) is 0.851. The molecular weight excluding hydrogens is 280 g/mol. The summed E-state index contributed by atoms with van der Waals surface area (Å²) in [5, 5.41) is 4.29. The average Bonchev–Trinajstić information content (AvgIpc) is 2.66. The maximum Gasteiger partial charge on any atom is 0.211 e. The Hall–Kier alpha value is -0.430. The van der Waals surface area contributed by atoms with Crippen LogP contribution in [0.1, 0.15) is 18.4 Å². The predicted octanol–water partition coefficient (Wildman–Crippen LogP) is 1.60. The number of sulfonamides is 1. The Balaban J connectivity index is 1.76. The van der Waals surface area contributed by atoms with Crippen molar-refractivity contribution in [2.75, 3.05) is 25.9 Å². The molecule has 4 rings (SSSR count). The lowest BCUT2D eigenvalue weighted by Gasteiger charge is -2.35. The molecule has 3 fully saturated rings. The van der Waals surface area contributed by atoms with E-state index in [1.165, 1.54) is 11.8 Å². The first-order valence-electron chi connectivity index (χ1n) is 6.72. The summed E-state index contributed by atoms with van der Waals surface area (Å²) in [4.78, 5) is 2.47. The zero-order chi connectivity index (χ0) is 13.5. The first-order valence-corrected chi connectivity index (χ1v) is 9.52. The van der Waals surface area contributed by atoms with Crippen LogP contribution < -0.4 is 0 Å². The van der Waals surface area contributed by atoms with Gasteiger partial charge in [-0.05, 0) is 41.1 Å². The summed E-state index contributed by atoms with van der Waals surface area (Å²) in [5.74, 6) is 0.493. The van der Waals surface area contributed by atoms with Crippen molar-refractivity contribution < 1.29 is 8.42 Å². The van der Waals surface area contributed by atoms with Gasteiger partial charge in [-0.3, -0.25) is 4.90 Å². The molecule has 3 saturated heterocycles. The van der Waals surface area contributed by atoms with E-state index in [0.717, 1.165) is 25.9 Å². The molecule has 1 aromatic heterocycles. The van der Waals surface area contributed by atoms with Crippen LogP contribution in [0.15, 0.2) is 16.8 Å². The Labute approximate surface area is 119 Å². The van der Waals surface area contributed by atoms with Gasteiger partial charge in [0.1, 0.15) is 0 Å². The lowest BCUT2D eigenvalue weighted by molar-refractivity contribution is 0.125. The summed E-state index contributed by atoms with van der Waals surface area (Å²) in [6.07, 6.45) is 3.62. The van der Waals surface area contributed by atoms with Gasteiger partial charge in [0, 0.05) is 32.2 Å². The summed E-state index contributed by atoms with van der Waals surface area (Å²) in [7, 11) is -3.05. The molecule has 0 aromatic carbocycles. The van der Waals surface area contributed by atoms with Crippen molar-refractivity contribution in [2.24, 2.45) is 5.92 Å². The average molecular weight is 300 g/mol. The minimum Gasteiger partial charge on any atom is -0.294 e. The molecule has 0 amide bonds. The van der Waals surface area contributed by atoms with E-state index in [1.807, 2.05) is 0 Å². The van der Waals surface area contributed by atoms with Crippen molar-refractivity contribution >= 4 is 21.4 Å². The second kappa shape index (κ2) is 5.16. The fourth-order valence-electron chi connectivity index (χ4n) is 3.22. The van der Waals surface area contributed by atoms with E-state index < -0.39 is 10.0 Å². The van der Waals surface area contributed by atoms with Crippen LogP contribution in [0, 0.1) is 5.92 Å². The smallest absolute Gasteiger partial charge is 0.211 e. The van der Waals surface area contributed by atoms with Crippen LogP contribution in [-0.4, -0.2) is 49.6 Å². The molecule has 6 heteroatoms. The molecule has 0 unspecified atom stereocenters. The zero-order valence-electron chi connectivity index (χ0n) is 11.2. The van der Waals surface area contributed by atoms with Crippen molar-refractivity contribution in [3.63, 3.8) is 0 Å². The molecule has 2 atom stereocenters. The molecule has 0 radical (unpaired) electrons. The van der Waals surface area contributed by atoms with Crippen LogP contribution in [0.4, 0.5) is 0 Å². The number of hydrogen-bond acceptors (Lipinski definition) is 4. The maximum absolute atomic E-state index is 11.8. The first kappa shape index (κ1) is 13.5. The third kappa shape index (κ3) is 3.02. The number of hydrogen-bond donors (Lipinski definition) is 0. The van der Waals surface area contributed by atoms with Gasteiger partial charge in [-0.15, -0.1) is 0 Å². The van der Waals surface area contributed by atoms with Gasteiger partial charge in [-0.25, -0.2) is 12.7 Å². The molecule has 0 aliphatic carbocycles. The molecular formula is C13H20N2O2S2. The summed E-state index contributed by atoms with van der Waals surface area (Å²) in [6, 6.07) is 2.55. The molecule has 0 N–H and O–H groups in total. The second-order valence-electron chi connectivity index (χ2n) is 5.74. The summed E-state index contributed by atoms with van der Waals surface area (Å²) < 4.78 is 25.3. The van der Waals surface area contributed by atoms with Gasteiger partial charge in [-0.1, -0.05) is 0 Å². The topological polar surface area (TPSA) is 40.6 Å². The molecule has 4 nitrogen and oxygen atoms in total. The number of fused-ring (bicyclic) bond motifs is 4. The van der Waals surface area contributed by atoms with Gasteiger partial charge in [0.05, 0.1) is 6.26 Å². The van der Waals surface area contributed by atoms with E-state index in [1.54, 1.807) is 15.6 Å². The number of nitrogens with zero attached hydrogens (tertiary/aromatic N) is 2. The van der Waals surface area contributed by atoms with Crippen LogP contribution >= 0.6 is 11.3 Å². The van der Waals surface area contributed by atoms with E-state index >= 15 is 0 Å². The zero-order valence-corrected chi connectivity index (χ0v) is 12.8. The fraction of sp³-hybridized carbons (Fsp3) is 0.692. The van der Waals surface area contributed by atoms with Crippen molar-refractivity contribution in [2.45, 2.75) is 25.4 Å². The molecule has 0 saturated carbocycles. The number of rotatable bonds is 3. The van der Waals surface area contributed by atoms with Crippen LogP contribution in [-0.2, 0) is 16.6 Å². The summed E-state index contributed by atoms with van der Waals surface area (Å²) in [6.45, 7) is 3.36. The molecule has 1 aromatic rings. The monoisotopic (exact) mass is 300 g/mol. The first-order chi connectivity index (χ1) is 9.02. The highest BCUT2D eigenvalue weighted by Gasteiger charge is 2.37. The van der Waals surface area contributed by atoms with Crippen LogP contribution in [0.25, 0.3) is 0 Å². The summed E-state index contributed by atoms with van der Waals surface area (Å²) >= 11 is 1.73. The van der Waals surface area contributed by atoms with Crippen molar-refractivity contribution in [1.29, 1.82) is 0 Å². The van der Waals surface area contributed by atoms with Gasteiger partial charge in [0.2, 0.25) is 10.0 Å². The van der Waals surface area contributed by atoms with Gasteiger partial charge in [-0.2, -0.15) is 11.3 Å². The molecule has 106 valence electrons. The van der Waals surface area contributed by atoms with Gasteiger partial charge < -0.3 is 0 Å². The third-order valence-corrected chi connectivity index (χ3v) is 6.20. The predicted molar refractivity (Wildman–Crippen MR) is 77.7 cm³/mol. The van der Waals surface area contributed by atoms with E-state index in [9.17, 15) is 8.42 Å². The fourth-order valence-corrected chi connectivity index (χ4v) is 4.80. The largest absolute Gasteiger partial charge is 0.294 e. The second-order valence-corrected chi connectivity index (χ2v) is 8.50. The van der Waals surface area contributed by atoms with Crippen molar-refractivity contribution in [3.8, 4) is 0 Å². The minimum absolute atomic E-state index is 0.383. The van der Waals surface area contributed by atoms with E-state index in [-0.39, 0.29) is 0 Å². The number of thiophene rings is 1. The van der Waals surface area contributed by atoms with Crippen LogP contribution in [0.5, 0.6) is 0 Å². The van der Waals surface area contributed by atoms with Gasteiger partial charge >= 0.3 is 0 Å². The van der Waals surface area contributed by atoms with Gasteiger partial charge in [0.25, 0.3) is 0 Å². The Morgan fingerprint density at radius 2 is 2.16 bits per heavy atom. The third-order valence-electron chi connectivity index (χ3n) is 4.23. The van der Waals surface area contributed by atoms with E-state index in [4.69, 9.17) is 0 Å². The molecule has 19 heavy (non-hydrogen) atoms. The minimum atomic E-state index is -3.05.